The van der Waals surface area contributed by atoms with Gasteiger partial charge in [-0.1, -0.05) is 29.8 Å². The van der Waals surface area contributed by atoms with Crippen LogP contribution < -0.4 is 5.32 Å². The van der Waals surface area contributed by atoms with E-state index in [-0.39, 0.29) is 11.5 Å². The Kier molecular flexibility index (Phi) is 5.87. The van der Waals surface area contributed by atoms with Gasteiger partial charge in [0.15, 0.2) is 5.82 Å². The SMILES string of the molecule is Cc1c([N+](=O)[O-])c(C(F)F)nn1CC(=O)Nc1ccn(Cc2ccccc2Cl)n1. The topological polar surface area (TPSA) is 108 Å². The molecule has 152 valence electrons. The van der Waals surface area contributed by atoms with Gasteiger partial charge in [0, 0.05) is 17.3 Å². The van der Waals surface area contributed by atoms with Crippen molar-refractivity contribution in [2.24, 2.45) is 0 Å². The Hall–Kier alpha value is -3.34. The number of amides is 1. The molecule has 1 N–H and O–H groups in total. The van der Waals surface area contributed by atoms with Crippen molar-refractivity contribution in [3.63, 3.8) is 0 Å². The lowest BCUT2D eigenvalue weighted by Gasteiger charge is -2.05. The minimum absolute atomic E-state index is 0.135. The summed E-state index contributed by atoms with van der Waals surface area (Å²) in [4.78, 5) is 22.3. The molecule has 0 atom stereocenters. The van der Waals surface area contributed by atoms with Crippen LogP contribution in [0.4, 0.5) is 20.3 Å². The molecule has 12 heteroatoms. The summed E-state index contributed by atoms with van der Waals surface area (Å²) in [5.41, 5.74) is -1.06. The normalized spacial score (nSPS) is 11.1. The number of halogens is 3. The first-order valence-corrected chi connectivity index (χ1v) is 8.70. The van der Waals surface area contributed by atoms with E-state index in [4.69, 9.17) is 11.6 Å². The fraction of sp³-hybridized carbons (Fsp3) is 0.235. The molecule has 0 unspecified atom stereocenters. The van der Waals surface area contributed by atoms with E-state index < -0.39 is 35.2 Å². The van der Waals surface area contributed by atoms with Gasteiger partial charge in [0.05, 0.1) is 11.5 Å². The molecule has 1 aromatic carbocycles. The lowest BCUT2D eigenvalue weighted by Crippen LogP contribution is -2.21. The zero-order chi connectivity index (χ0) is 21.1. The van der Waals surface area contributed by atoms with Crippen LogP contribution in [0.1, 0.15) is 23.4 Å². The molecule has 2 aromatic heterocycles. The third-order valence-electron chi connectivity index (χ3n) is 4.08. The Bertz CT molecular complexity index is 1070. The van der Waals surface area contributed by atoms with Crippen molar-refractivity contribution < 1.29 is 18.5 Å². The van der Waals surface area contributed by atoms with Gasteiger partial charge < -0.3 is 5.32 Å². The van der Waals surface area contributed by atoms with Crippen LogP contribution >= 0.6 is 11.6 Å². The van der Waals surface area contributed by atoms with Gasteiger partial charge in [-0.25, -0.2) is 8.78 Å². The van der Waals surface area contributed by atoms with E-state index in [2.05, 4.69) is 15.5 Å². The molecule has 0 bridgehead atoms. The Morgan fingerprint density at radius 3 is 2.66 bits per heavy atom. The predicted octanol–water partition coefficient (Wildman–Crippen LogP) is 3.57. The Morgan fingerprint density at radius 1 is 1.31 bits per heavy atom. The molecule has 0 aliphatic heterocycles. The number of carbonyl (C=O) groups is 1. The second kappa shape index (κ2) is 8.35. The smallest absolute Gasteiger partial charge is 0.308 e. The lowest BCUT2D eigenvalue weighted by molar-refractivity contribution is -0.386. The van der Waals surface area contributed by atoms with Crippen molar-refractivity contribution in [2.45, 2.75) is 26.4 Å². The van der Waals surface area contributed by atoms with Crippen LogP contribution in [0.5, 0.6) is 0 Å². The highest BCUT2D eigenvalue weighted by Crippen LogP contribution is 2.30. The second-order valence-electron chi connectivity index (χ2n) is 6.07. The number of nitrogens with zero attached hydrogens (tertiary/aromatic N) is 5. The van der Waals surface area contributed by atoms with Crippen molar-refractivity contribution in [3.8, 4) is 0 Å². The van der Waals surface area contributed by atoms with Gasteiger partial charge in [-0.15, -0.1) is 0 Å². The third-order valence-corrected chi connectivity index (χ3v) is 4.45. The van der Waals surface area contributed by atoms with E-state index in [1.165, 1.54) is 6.92 Å². The molecule has 1 amide bonds. The number of carbonyl (C=O) groups excluding carboxylic acids is 1. The molecule has 9 nitrogen and oxygen atoms in total. The number of benzene rings is 1. The average Bonchev–Trinajstić information content (AvgIpc) is 3.21. The zero-order valence-electron chi connectivity index (χ0n) is 15.1. The van der Waals surface area contributed by atoms with Crippen molar-refractivity contribution in [1.82, 2.24) is 19.6 Å². The summed E-state index contributed by atoms with van der Waals surface area (Å²) < 4.78 is 28.4. The van der Waals surface area contributed by atoms with Gasteiger partial charge in [0.2, 0.25) is 11.6 Å². The quantitative estimate of drug-likeness (QED) is 0.460. The van der Waals surface area contributed by atoms with Gasteiger partial charge in [0.25, 0.3) is 6.43 Å². The highest BCUT2D eigenvalue weighted by atomic mass is 35.5. The van der Waals surface area contributed by atoms with Crippen molar-refractivity contribution in [1.29, 1.82) is 0 Å². The van der Waals surface area contributed by atoms with Crippen LogP contribution in [-0.4, -0.2) is 30.4 Å². The van der Waals surface area contributed by atoms with E-state index >= 15 is 0 Å². The van der Waals surface area contributed by atoms with Crippen molar-refractivity contribution in [3.05, 3.63) is 68.6 Å². The summed E-state index contributed by atoms with van der Waals surface area (Å²) in [5.74, 6) is -0.384. The van der Waals surface area contributed by atoms with E-state index in [0.717, 1.165) is 10.2 Å². The summed E-state index contributed by atoms with van der Waals surface area (Å²) >= 11 is 6.11. The number of rotatable bonds is 7. The van der Waals surface area contributed by atoms with Crippen LogP contribution in [0.3, 0.4) is 0 Å². The predicted molar refractivity (Wildman–Crippen MR) is 100.0 cm³/mol. The maximum atomic E-state index is 13.0. The van der Waals surface area contributed by atoms with Crippen LogP contribution in [0, 0.1) is 17.0 Å². The first kappa shape index (κ1) is 20.4. The molecule has 0 saturated heterocycles. The largest absolute Gasteiger partial charge is 0.319 e. The van der Waals surface area contributed by atoms with Gasteiger partial charge >= 0.3 is 5.69 Å². The zero-order valence-corrected chi connectivity index (χ0v) is 15.8. The second-order valence-corrected chi connectivity index (χ2v) is 6.48. The van der Waals surface area contributed by atoms with Crippen LogP contribution in [0.15, 0.2) is 36.5 Å². The molecule has 0 radical (unpaired) electrons. The molecule has 0 aliphatic rings. The maximum Gasteiger partial charge on any atom is 0.319 e. The standard InChI is InChI=1S/C17H15ClF2N6O3/c1-10-16(26(28)29)15(17(19)20)23-25(10)9-14(27)21-13-6-7-24(22-13)8-11-4-2-3-5-12(11)18/h2-7,17H,8-9H2,1H3,(H,21,22,27). The summed E-state index contributed by atoms with van der Waals surface area (Å²) in [6.45, 7) is 1.16. The molecular formula is C17H15ClF2N6O3. The number of nitrogens with one attached hydrogen (secondary N) is 1. The van der Waals surface area contributed by atoms with Gasteiger partial charge in [-0.2, -0.15) is 10.2 Å². The fourth-order valence-corrected chi connectivity index (χ4v) is 2.92. The lowest BCUT2D eigenvalue weighted by atomic mass is 10.2. The first-order valence-electron chi connectivity index (χ1n) is 8.32. The van der Waals surface area contributed by atoms with Crippen molar-refractivity contribution >= 4 is 29.0 Å². The first-order chi connectivity index (χ1) is 13.8. The molecular weight excluding hydrogens is 410 g/mol. The van der Waals surface area contributed by atoms with Crippen LogP contribution in [0.25, 0.3) is 0 Å². The summed E-state index contributed by atoms with van der Waals surface area (Å²) in [6, 6.07) is 8.80. The monoisotopic (exact) mass is 424 g/mol. The van der Waals surface area contributed by atoms with Crippen LogP contribution in [-0.2, 0) is 17.9 Å². The maximum absolute atomic E-state index is 13.0. The minimum Gasteiger partial charge on any atom is -0.308 e. The highest BCUT2D eigenvalue weighted by molar-refractivity contribution is 6.31. The molecule has 3 rings (SSSR count). The summed E-state index contributed by atoms with van der Waals surface area (Å²) in [6.07, 6.45) is -1.49. The molecule has 2 heterocycles. The van der Waals surface area contributed by atoms with Gasteiger partial charge in [0.1, 0.15) is 12.2 Å². The highest BCUT2D eigenvalue weighted by Gasteiger charge is 2.31. The van der Waals surface area contributed by atoms with E-state index in [9.17, 15) is 23.7 Å². The molecule has 0 saturated carbocycles. The van der Waals surface area contributed by atoms with Gasteiger partial charge in [-0.3, -0.25) is 24.3 Å². The Labute approximate surface area is 168 Å². The summed E-state index contributed by atoms with van der Waals surface area (Å²) in [7, 11) is 0. The van der Waals surface area contributed by atoms with E-state index in [1.54, 1.807) is 23.0 Å². The molecule has 0 fully saturated rings. The number of hydrogen-bond donors (Lipinski definition) is 1. The van der Waals surface area contributed by atoms with E-state index in [0.29, 0.717) is 11.6 Å². The minimum atomic E-state index is -3.13. The Morgan fingerprint density at radius 2 is 2.03 bits per heavy atom. The Balaban J connectivity index is 1.69. The number of anilines is 1. The van der Waals surface area contributed by atoms with Crippen LogP contribution in [0.2, 0.25) is 5.02 Å². The van der Waals surface area contributed by atoms with Crippen molar-refractivity contribution in [2.75, 3.05) is 5.32 Å². The van der Waals surface area contributed by atoms with Gasteiger partial charge in [-0.05, 0) is 18.6 Å². The number of aromatic nitrogens is 4. The molecule has 3 aromatic rings. The fourth-order valence-electron chi connectivity index (χ4n) is 2.72. The average molecular weight is 425 g/mol. The number of hydrogen-bond acceptors (Lipinski definition) is 5. The molecule has 0 spiro atoms. The van der Waals surface area contributed by atoms with E-state index in [1.807, 2.05) is 18.2 Å². The molecule has 29 heavy (non-hydrogen) atoms. The number of alkyl halides is 2. The third kappa shape index (κ3) is 4.57. The molecule has 0 aliphatic carbocycles. The summed E-state index contributed by atoms with van der Waals surface area (Å²) in [5, 5.41) is 21.8. The number of nitro groups is 1.